The zero-order valence-electron chi connectivity index (χ0n) is 9.11. The lowest BCUT2D eigenvalue weighted by molar-refractivity contribution is -0.137. The van der Waals surface area contributed by atoms with Gasteiger partial charge in [-0.3, -0.25) is 9.59 Å². The topological polar surface area (TPSA) is 57.6 Å². The molecule has 0 aliphatic rings. The summed E-state index contributed by atoms with van der Waals surface area (Å²) in [4.78, 5) is 23.6. The van der Waals surface area contributed by atoms with Gasteiger partial charge < -0.3 is 10.0 Å². The number of carboxylic acids is 1. The van der Waals surface area contributed by atoms with Gasteiger partial charge in [-0.15, -0.1) is 0 Å². The van der Waals surface area contributed by atoms with Crippen LogP contribution < -0.4 is 0 Å². The molecule has 92 valence electrons. The van der Waals surface area contributed by atoms with Gasteiger partial charge >= 0.3 is 5.97 Å². The van der Waals surface area contributed by atoms with Crippen LogP contribution >= 0.6 is 23.2 Å². The Morgan fingerprint density at radius 1 is 1.35 bits per heavy atom. The number of nitrogens with zero attached hydrogens (tertiary/aromatic N) is 1. The molecule has 6 heteroatoms. The molecule has 0 aromatic heterocycles. The second-order valence-corrected chi connectivity index (χ2v) is 4.26. The first-order chi connectivity index (χ1) is 7.93. The zero-order chi connectivity index (χ0) is 13.0. The van der Waals surface area contributed by atoms with Crippen molar-refractivity contribution < 1.29 is 14.7 Å². The highest BCUT2D eigenvalue weighted by Gasteiger charge is 2.17. The fourth-order valence-corrected chi connectivity index (χ4v) is 1.62. The number of hydrogen-bond acceptors (Lipinski definition) is 2. The van der Waals surface area contributed by atoms with Crippen molar-refractivity contribution in [3.05, 3.63) is 33.8 Å². The van der Waals surface area contributed by atoms with Crippen LogP contribution in [0.2, 0.25) is 10.0 Å². The monoisotopic (exact) mass is 275 g/mol. The molecule has 4 nitrogen and oxygen atoms in total. The van der Waals surface area contributed by atoms with Gasteiger partial charge in [0, 0.05) is 13.6 Å². The summed E-state index contributed by atoms with van der Waals surface area (Å²) in [5.41, 5.74) is 0.270. The molecular weight excluding hydrogens is 265 g/mol. The molecule has 0 unspecified atom stereocenters. The minimum atomic E-state index is -0.957. The number of amides is 1. The highest BCUT2D eigenvalue weighted by atomic mass is 35.5. The maximum Gasteiger partial charge on any atom is 0.305 e. The third-order valence-corrected chi connectivity index (χ3v) is 3.01. The van der Waals surface area contributed by atoms with Gasteiger partial charge in [0.1, 0.15) is 0 Å². The van der Waals surface area contributed by atoms with Crippen molar-refractivity contribution in [2.75, 3.05) is 13.6 Å². The Balaban J connectivity index is 2.82. The van der Waals surface area contributed by atoms with E-state index in [0.29, 0.717) is 5.02 Å². The molecule has 0 atom stereocenters. The largest absolute Gasteiger partial charge is 0.481 e. The number of halogens is 2. The van der Waals surface area contributed by atoms with E-state index in [1.165, 1.54) is 11.9 Å². The molecule has 0 fully saturated rings. The van der Waals surface area contributed by atoms with E-state index in [9.17, 15) is 9.59 Å². The number of carbonyl (C=O) groups excluding carboxylic acids is 1. The summed E-state index contributed by atoms with van der Waals surface area (Å²) in [6.45, 7) is 0.122. The zero-order valence-corrected chi connectivity index (χ0v) is 10.6. The first-order valence-corrected chi connectivity index (χ1v) is 5.60. The third-order valence-electron chi connectivity index (χ3n) is 2.19. The Morgan fingerprint density at radius 3 is 2.59 bits per heavy atom. The van der Waals surface area contributed by atoms with Gasteiger partial charge in [0.05, 0.1) is 22.0 Å². The van der Waals surface area contributed by atoms with E-state index in [1.54, 1.807) is 18.2 Å². The summed E-state index contributed by atoms with van der Waals surface area (Å²) in [6, 6.07) is 4.75. The predicted octanol–water partition coefficient (Wildman–Crippen LogP) is 2.54. The van der Waals surface area contributed by atoms with Crippen LogP contribution in [0.4, 0.5) is 0 Å². The van der Waals surface area contributed by atoms with Crippen LogP contribution in [0.25, 0.3) is 0 Å². The molecule has 1 amide bonds. The molecule has 1 aromatic carbocycles. The van der Waals surface area contributed by atoms with E-state index in [-0.39, 0.29) is 29.5 Å². The van der Waals surface area contributed by atoms with Gasteiger partial charge in [0.25, 0.3) is 5.91 Å². The minimum Gasteiger partial charge on any atom is -0.481 e. The Hall–Kier alpha value is -1.26. The van der Waals surface area contributed by atoms with Gasteiger partial charge in [0.15, 0.2) is 0 Å². The maximum absolute atomic E-state index is 11.9. The lowest BCUT2D eigenvalue weighted by Crippen LogP contribution is -2.29. The van der Waals surface area contributed by atoms with Gasteiger partial charge in [0.2, 0.25) is 0 Å². The summed E-state index contributed by atoms with van der Waals surface area (Å²) in [5.74, 6) is -1.31. The van der Waals surface area contributed by atoms with Crippen LogP contribution in [0.5, 0.6) is 0 Å². The number of carbonyl (C=O) groups is 2. The van der Waals surface area contributed by atoms with Crippen molar-refractivity contribution in [3.63, 3.8) is 0 Å². The second kappa shape index (κ2) is 5.89. The third kappa shape index (κ3) is 3.61. The molecule has 1 aromatic rings. The summed E-state index contributed by atoms with van der Waals surface area (Å²) < 4.78 is 0. The Bertz CT molecular complexity index is 448. The van der Waals surface area contributed by atoms with Crippen LogP contribution in [-0.4, -0.2) is 35.5 Å². The van der Waals surface area contributed by atoms with E-state index < -0.39 is 5.97 Å². The van der Waals surface area contributed by atoms with E-state index in [2.05, 4.69) is 0 Å². The SMILES string of the molecule is CN(CCC(=O)O)C(=O)c1cccc(Cl)c1Cl. The molecule has 0 radical (unpaired) electrons. The van der Waals surface area contributed by atoms with Crippen molar-refractivity contribution >= 4 is 35.1 Å². The first kappa shape index (κ1) is 13.8. The van der Waals surface area contributed by atoms with Crippen LogP contribution in [0.1, 0.15) is 16.8 Å². The van der Waals surface area contributed by atoms with E-state index >= 15 is 0 Å². The Labute approximate surface area is 109 Å². The predicted molar refractivity (Wildman–Crippen MR) is 65.7 cm³/mol. The van der Waals surface area contributed by atoms with E-state index in [4.69, 9.17) is 28.3 Å². The molecule has 0 spiro atoms. The van der Waals surface area contributed by atoms with Gasteiger partial charge in [-0.25, -0.2) is 0 Å². The summed E-state index contributed by atoms with van der Waals surface area (Å²) in [6.07, 6.45) is -0.111. The number of benzene rings is 1. The van der Waals surface area contributed by atoms with Gasteiger partial charge in [-0.05, 0) is 12.1 Å². The Morgan fingerprint density at radius 2 is 2.00 bits per heavy atom. The second-order valence-electron chi connectivity index (χ2n) is 3.47. The molecule has 0 aliphatic carbocycles. The highest BCUT2D eigenvalue weighted by Crippen LogP contribution is 2.26. The van der Waals surface area contributed by atoms with Gasteiger partial charge in [-0.2, -0.15) is 0 Å². The van der Waals surface area contributed by atoms with Crippen molar-refractivity contribution in [3.8, 4) is 0 Å². The normalized spacial score (nSPS) is 10.1. The fourth-order valence-electron chi connectivity index (χ4n) is 1.24. The summed E-state index contributed by atoms with van der Waals surface area (Å²) in [5, 5.41) is 9.01. The Kier molecular flexibility index (Phi) is 4.78. The smallest absolute Gasteiger partial charge is 0.305 e. The van der Waals surface area contributed by atoms with Crippen LogP contribution in [0, 0.1) is 0 Å². The molecule has 0 saturated heterocycles. The molecular formula is C11H11Cl2NO3. The van der Waals surface area contributed by atoms with E-state index in [1.807, 2.05) is 0 Å². The van der Waals surface area contributed by atoms with Crippen molar-refractivity contribution in [1.29, 1.82) is 0 Å². The number of carboxylic acid groups (broad SMARTS) is 1. The van der Waals surface area contributed by atoms with Crippen LogP contribution in [0.15, 0.2) is 18.2 Å². The van der Waals surface area contributed by atoms with Crippen molar-refractivity contribution in [2.45, 2.75) is 6.42 Å². The van der Waals surface area contributed by atoms with Crippen LogP contribution in [0.3, 0.4) is 0 Å². The average Bonchev–Trinajstić information content (AvgIpc) is 2.28. The fraction of sp³-hybridized carbons (Fsp3) is 0.273. The van der Waals surface area contributed by atoms with Crippen LogP contribution in [-0.2, 0) is 4.79 Å². The molecule has 17 heavy (non-hydrogen) atoms. The number of hydrogen-bond donors (Lipinski definition) is 1. The number of rotatable bonds is 4. The standard InChI is InChI=1S/C11H11Cl2NO3/c1-14(6-5-9(15)16)11(17)7-3-2-4-8(12)10(7)13/h2-4H,5-6H2,1H3,(H,15,16). The average molecular weight is 276 g/mol. The minimum absolute atomic E-state index is 0.111. The van der Waals surface area contributed by atoms with Crippen molar-refractivity contribution in [2.24, 2.45) is 0 Å². The number of aliphatic carboxylic acids is 1. The lowest BCUT2D eigenvalue weighted by Gasteiger charge is -2.17. The molecule has 0 bridgehead atoms. The summed E-state index contributed by atoms with van der Waals surface area (Å²) in [7, 11) is 1.52. The quantitative estimate of drug-likeness (QED) is 0.919. The lowest BCUT2D eigenvalue weighted by atomic mass is 10.2. The van der Waals surface area contributed by atoms with Crippen molar-refractivity contribution in [1.82, 2.24) is 4.90 Å². The van der Waals surface area contributed by atoms with Gasteiger partial charge in [-0.1, -0.05) is 29.3 Å². The highest BCUT2D eigenvalue weighted by molar-refractivity contribution is 6.43. The first-order valence-electron chi connectivity index (χ1n) is 4.84. The summed E-state index contributed by atoms with van der Waals surface area (Å²) >= 11 is 11.7. The molecule has 1 N–H and O–H groups in total. The maximum atomic E-state index is 11.9. The molecule has 1 rings (SSSR count). The molecule has 0 aliphatic heterocycles. The van der Waals surface area contributed by atoms with E-state index in [0.717, 1.165) is 0 Å². The molecule has 0 heterocycles. The molecule has 0 saturated carbocycles.